The van der Waals surface area contributed by atoms with Gasteiger partial charge in [0.1, 0.15) is 30.2 Å². The van der Waals surface area contributed by atoms with E-state index in [1.54, 1.807) is 11.3 Å². The first-order valence-corrected chi connectivity index (χ1v) is 8.13. The molecule has 8 nitrogen and oxygen atoms in total. The Bertz CT molecular complexity index is 777. The summed E-state index contributed by atoms with van der Waals surface area (Å²) in [5.74, 6) is -0.329. The monoisotopic (exact) mass is 381 g/mol. The van der Waals surface area contributed by atoms with Gasteiger partial charge in [0, 0.05) is 0 Å². The lowest BCUT2D eigenvalue weighted by molar-refractivity contribution is -0.191. The van der Waals surface area contributed by atoms with Gasteiger partial charge in [-0.15, -0.1) is 0 Å². The van der Waals surface area contributed by atoms with Crippen LogP contribution in [0, 0.1) is 0 Å². The maximum absolute atomic E-state index is 6.11. The van der Waals surface area contributed by atoms with Crippen molar-refractivity contribution in [2.75, 3.05) is 5.73 Å². The van der Waals surface area contributed by atoms with Gasteiger partial charge in [0.2, 0.25) is 0 Å². The van der Waals surface area contributed by atoms with Crippen LogP contribution in [0.3, 0.4) is 0 Å². The zero-order valence-electron chi connectivity index (χ0n) is 12.6. The van der Waals surface area contributed by atoms with Crippen molar-refractivity contribution in [1.29, 1.82) is 0 Å². The van der Waals surface area contributed by atoms with Crippen molar-refractivity contribution in [3.05, 3.63) is 23.7 Å². The van der Waals surface area contributed by atoms with E-state index >= 15 is 0 Å². The second kappa shape index (κ2) is 5.23. The van der Waals surface area contributed by atoms with Crippen LogP contribution in [0.25, 0.3) is 11.2 Å². The Labute approximate surface area is 140 Å². The van der Waals surface area contributed by atoms with Gasteiger partial charge in [0.05, 0.1) is 6.33 Å². The predicted octanol–water partition coefficient (Wildman–Crippen LogP) is 1.73. The Hall–Kier alpha value is -1.55. The third-order valence-electron chi connectivity index (χ3n) is 3.99. The summed E-state index contributed by atoms with van der Waals surface area (Å²) in [4.78, 5) is 14.3. The quantitative estimate of drug-likeness (QED) is 0.845. The first-order chi connectivity index (χ1) is 11.0. The molecule has 2 saturated heterocycles. The molecule has 4 heterocycles. The van der Waals surface area contributed by atoms with Crippen molar-refractivity contribution in [3.8, 4) is 0 Å². The number of ether oxygens (including phenoxy) is 3. The van der Waals surface area contributed by atoms with E-state index in [2.05, 4.69) is 30.9 Å². The van der Waals surface area contributed by atoms with E-state index < -0.39 is 12.0 Å². The van der Waals surface area contributed by atoms with Gasteiger partial charge in [0.15, 0.2) is 23.5 Å². The summed E-state index contributed by atoms with van der Waals surface area (Å²) in [7, 11) is 0. The van der Waals surface area contributed by atoms with E-state index in [1.165, 1.54) is 6.33 Å². The molecule has 0 aliphatic carbocycles. The molecule has 2 aliphatic heterocycles. The van der Waals surface area contributed by atoms with Crippen LogP contribution < -0.4 is 5.73 Å². The number of anilines is 1. The molecule has 0 bridgehead atoms. The number of fused-ring (bicyclic) bond motifs is 2. The number of hydrogen-bond donors (Lipinski definition) is 1. The molecular formula is C14H16BrN5O3. The third kappa shape index (κ3) is 2.35. The molecule has 0 saturated carbocycles. The second-order valence-electron chi connectivity index (χ2n) is 5.96. The van der Waals surface area contributed by atoms with E-state index in [4.69, 9.17) is 19.9 Å². The summed E-state index contributed by atoms with van der Waals surface area (Å²) in [6.07, 6.45) is 3.83. The number of nitrogen functional groups attached to an aromatic ring is 1. The smallest absolute Gasteiger partial charge is 0.167 e. The highest BCUT2D eigenvalue weighted by atomic mass is 79.9. The fraction of sp³-hybridized carbons (Fsp3) is 0.500. The molecule has 2 fully saturated rings. The Morgan fingerprint density at radius 2 is 2.04 bits per heavy atom. The number of nitrogens with two attached hydrogens (primary N) is 1. The molecule has 4 rings (SSSR count). The fourth-order valence-corrected chi connectivity index (χ4v) is 3.42. The molecule has 122 valence electrons. The van der Waals surface area contributed by atoms with Gasteiger partial charge >= 0.3 is 0 Å². The number of nitrogens with zero attached hydrogens (tertiary/aromatic N) is 4. The van der Waals surface area contributed by atoms with Crippen LogP contribution >= 0.6 is 15.9 Å². The first kappa shape index (κ1) is 15.0. The topological polar surface area (TPSA) is 97.3 Å². The van der Waals surface area contributed by atoms with E-state index in [0.717, 1.165) is 0 Å². The van der Waals surface area contributed by atoms with Crippen LogP contribution in [0.15, 0.2) is 23.7 Å². The Balaban J connectivity index is 1.77. The number of aromatic nitrogens is 4. The van der Waals surface area contributed by atoms with Crippen LogP contribution in [-0.4, -0.2) is 43.6 Å². The summed E-state index contributed by atoms with van der Waals surface area (Å²) in [5.41, 5.74) is 7.01. The summed E-state index contributed by atoms with van der Waals surface area (Å²) < 4.78 is 20.0. The average Bonchev–Trinajstić information content (AvgIpc) is 3.13. The summed E-state index contributed by atoms with van der Waals surface area (Å²) in [5, 5.41) is 0. The minimum atomic E-state index is -0.667. The molecular weight excluding hydrogens is 366 g/mol. The minimum absolute atomic E-state index is 0.208. The second-order valence-corrected chi connectivity index (χ2v) is 6.49. The van der Waals surface area contributed by atoms with Crippen molar-refractivity contribution in [2.45, 2.75) is 44.2 Å². The lowest BCUT2D eigenvalue weighted by Crippen LogP contribution is -2.28. The third-order valence-corrected chi connectivity index (χ3v) is 4.29. The van der Waals surface area contributed by atoms with Crippen LogP contribution in [0.4, 0.5) is 5.82 Å². The molecule has 0 aromatic carbocycles. The number of hydrogen-bond acceptors (Lipinski definition) is 7. The highest BCUT2D eigenvalue weighted by Crippen LogP contribution is 2.44. The maximum atomic E-state index is 6.11. The first-order valence-electron chi connectivity index (χ1n) is 7.21. The summed E-state index contributed by atoms with van der Waals surface area (Å²) >= 11 is 3.29. The number of imidazole rings is 1. The Kier molecular flexibility index (Phi) is 3.41. The van der Waals surface area contributed by atoms with Crippen LogP contribution in [0.2, 0.25) is 0 Å². The number of rotatable bonds is 2. The van der Waals surface area contributed by atoms with Crippen molar-refractivity contribution >= 4 is 32.9 Å². The molecule has 2 aliphatic rings. The van der Waals surface area contributed by atoms with E-state index in [0.29, 0.717) is 17.0 Å². The Morgan fingerprint density at radius 3 is 2.83 bits per heavy atom. The van der Waals surface area contributed by atoms with Crippen molar-refractivity contribution < 1.29 is 14.2 Å². The standard InChI is InChI=1S/C14H16BrN5O3/c1-14(2)22-9-7(3-4-15)21-13(10(9)23-14)20-6-19-8-11(16)17-5-18-12(8)20/h3-7,9-10,13H,1-2H3,(H2,16,17,18)/b4-3-/t7-,9-,10-,13-/m1/s1. The summed E-state index contributed by atoms with van der Waals surface area (Å²) in [6, 6.07) is 0. The van der Waals surface area contributed by atoms with E-state index in [9.17, 15) is 0 Å². The molecule has 9 heteroatoms. The van der Waals surface area contributed by atoms with Crippen molar-refractivity contribution in [1.82, 2.24) is 19.5 Å². The highest BCUT2D eigenvalue weighted by Gasteiger charge is 2.55. The van der Waals surface area contributed by atoms with Crippen molar-refractivity contribution in [2.24, 2.45) is 0 Å². The van der Waals surface area contributed by atoms with Gasteiger partial charge in [0.25, 0.3) is 0 Å². The van der Waals surface area contributed by atoms with Crippen LogP contribution in [-0.2, 0) is 14.2 Å². The summed E-state index contributed by atoms with van der Waals surface area (Å²) in [6.45, 7) is 3.78. The average molecular weight is 382 g/mol. The maximum Gasteiger partial charge on any atom is 0.167 e. The molecule has 0 amide bonds. The molecule has 2 aromatic rings. The SMILES string of the molecule is CC1(C)O[C@@H]2[C@H](O1)[C@@H](/C=C\Br)O[C@H]2n1cnc2c(N)ncnc21. The molecule has 23 heavy (non-hydrogen) atoms. The molecule has 0 spiro atoms. The molecule has 4 atom stereocenters. The highest BCUT2D eigenvalue weighted by molar-refractivity contribution is 9.11. The minimum Gasteiger partial charge on any atom is -0.382 e. The van der Waals surface area contributed by atoms with Crippen LogP contribution in [0.1, 0.15) is 20.1 Å². The van der Waals surface area contributed by atoms with Gasteiger partial charge in [-0.2, -0.15) is 0 Å². The lowest BCUT2D eigenvalue weighted by Gasteiger charge is -2.23. The van der Waals surface area contributed by atoms with Crippen LogP contribution in [0.5, 0.6) is 0 Å². The Morgan fingerprint density at radius 1 is 1.26 bits per heavy atom. The largest absolute Gasteiger partial charge is 0.382 e. The van der Waals surface area contributed by atoms with Gasteiger partial charge in [-0.05, 0) is 24.9 Å². The zero-order valence-corrected chi connectivity index (χ0v) is 14.2. The normalized spacial score (nSPS) is 32.8. The molecule has 2 N–H and O–H groups in total. The molecule has 0 unspecified atom stereocenters. The van der Waals surface area contributed by atoms with Gasteiger partial charge in [-0.1, -0.05) is 15.9 Å². The van der Waals surface area contributed by atoms with Crippen molar-refractivity contribution in [3.63, 3.8) is 0 Å². The lowest BCUT2D eigenvalue weighted by atomic mass is 10.1. The number of halogens is 1. The van der Waals surface area contributed by atoms with Gasteiger partial charge in [-0.25, -0.2) is 15.0 Å². The van der Waals surface area contributed by atoms with Gasteiger partial charge < -0.3 is 19.9 Å². The fourth-order valence-electron chi connectivity index (χ4n) is 3.11. The van der Waals surface area contributed by atoms with Gasteiger partial charge in [-0.3, -0.25) is 4.57 Å². The zero-order chi connectivity index (χ0) is 16.2. The van der Waals surface area contributed by atoms with E-state index in [1.807, 2.05) is 24.5 Å². The molecule has 0 radical (unpaired) electrons. The molecule has 2 aromatic heterocycles. The van der Waals surface area contributed by atoms with E-state index in [-0.39, 0.29) is 18.3 Å². The predicted molar refractivity (Wildman–Crippen MR) is 85.5 cm³/mol.